The molecule has 28 heavy (non-hydrogen) atoms. The molecule has 2 aliphatic rings. The Morgan fingerprint density at radius 2 is 2.14 bits per heavy atom. The van der Waals surface area contributed by atoms with E-state index in [0.717, 1.165) is 24.1 Å². The first-order valence-electron chi connectivity index (χ1n) is 9.76. The van der Waals surface area contributed by atoms with E-state index >= 15 is 0 Å². The van der Waals surface area contributed by atoms with Crippen LogP contribution in [0.25, 0.3) is 5.70 Å². The van der Waals surface area contributed by atoms with E-state index in [4.69, 9.17) is 18.0 Å². The van der Waals surface area contributed by atoms with Crippen LogP contribution in [0, 0.1) is 12.3 Å². The summed E-state index contributed by atoms with van der Waals surface area (Å²) in [5, 5.41) is 3.89. The number of anilines is 1. The Hall–Kier alpha value is -2.70. The monoisotopic (exact) mass is 389 g/mol. The third kappa shape index (κ3) is 3.53. The number of nitrogens with one attached hydrogen (secondary N) is 1. The van der Waals surface area contributed by atoms with E-state index in [1.54, 1.807) is 0 Å². The molecule has 4 heteroatoms. The first-order valence-corrected chi connectivity index (χ1v) is 10.1. The number of fused-ring (bicyclic) bond motifs is 1. The minimum absolute atomic E-state index is 0.0777. The van der Waals surface area contributed by atoms with Crippen LogP contribution in [0.4, 0.5) is 5.69 Å². The average Bonchev–Trinajstić information content (AvgIpc) is 2.73. The number of allylic oxidation sites excluding steroid dienone is 1. The van der Waals surface area contributed by atoms with Gasteiger partial charge in [0.1, 0.15) is 6.17 Å². The van der Waals surface area contributed by atoms with Gasteiger partial charge in [-0.3, -0.25) is 4.99 Å². The van der Waals surface area contributed by atoms with Gasteiger partial charge < -0.3 is 10.2 Å². The van der Waals surface area contributed by atoms with Crippen molar-refractivity contribution in [2.24, 2.45) is 4.99 Å². The maximum atomic E-state index is 6.36. The predicted molar refractivity (Wildman–Crippen MR) is 119 cm³/mol. The molecule has 2 atom stereocenters. The molecule has 0 aromatic heterocycles. The van der Waals surface area contributed by atoms with Crippen LogP contribution in [0.15, 0.2) is 53.5 Å². The van der Waals surface area contributed by atoms with Gasteiger partial charge in [0.25, 0.3) is 0 Å². The molecule has 1 N–H and O–H groups in total. The highest BCUT2D eigenvalue weighted by Gasteiger charge is 2.31. The summed E-state index contributed by atoms with van der Waals surface area (Å²) in [4.78, 5) is 7.13. The molecule has 1 aliphatic carbocycles. The third-order valence-corrected chi connectivity index (χ3v) is 5.86. The van der Waals surface area contributed by atoms with Gasteiger partial charge in [-0.15, -0.1) is 6.42 Å². The Bertz CT molecular complexity index is 970. The average molecular weight is 390 g/mol. The minimum Gasteiger partial charge on any atom is -0.373 e. The number of halogens is 1. The summed E-state index contributed by atoms with van der Waals surface area (Å²) in [6, 6.07) is 15.2. The lowest BCUT2D eigenvalue weighted by atomic mass is 9.85. The SMILES string of the molecule is C#CCNc1cc(C2=CC=NC(C)N2[C@@H]2CCCc3ccccc32)ccc1Cl. The molecule has 1 heterocycles. The van der Waals surface area contributed by atoms with Crippen LogP contribution < -0.4 is 5.32 Å². The van der Waals surface area contributed by atoms with Gasteiger partial charge in [0.15, 0.2) is 0 Å². The van der Waals surface area contributed by atoms with Crippen LogP contribution in [0.2, 0.25) is 5.02 Å². The maximum absolute atomic E-state index is 6.36. The minimum atomic E-state index is 0.0777. The van der Waals surface area contributed by atoms with Crippen molar-refractivity contribution in [2.75, 3.05) is 11.9 Å². The van der Waals surface area contributed by atoms with E-state index in [9.17, 15) is 0 Å². The number of nitrogens with zero attached hydrogens (tertiary/aromatic N) is 2. The summed E-state index contributed by atoms with van der Waals surface area (Å²) in [6.45, 7) is 2.61. The van der Waals surface area contributed by atoms with Gasteiger partial charge in [-0.25, -0.2) is 0 Å². The molecule has 0 saturated carbocycles. The summed E-state index contributed by atoms with van der Waals surface area (Å²) in [6.07, 6.45) is 13.0. The maximum Gasteiger partial charge on any atom is 0.118 e. The van der Waals surface area contributed by atoms with Gasteiger partial charge >= 0.3 is 0 Å². The van der Waals surface area contributed by atoms with Crippen molar-refractivity contribution in [3.63, 3.8) is 0 Å². The lowest BCUT2D eigenvalue weighted by Gasteiger charge is -2.42. The van der Waals surface area contributed by atoms with Gasteiger partial charge in [-0.2, -0.15) is 0 Å². The first-order chi connectivity index (χ1) is 13.7. The van der Waals surface area contributed by atoms with Crippen molar-refractivity contribution >= 4 is 29.2 Å². The van der Waals surface area contributed by atoms with Crippen molar-refractivity contribution in [3.8, 4) is 12.3 Å². The standard InChI is InChI=1S/C24H24ClN3/c1-3-14-27-22-16-19(11-12-21(22)25)23-13-15-26-17(2)28(23)24-10-6-8-18-7-4-5-9-20(18)24/h1,4-5,7,9,11-13,15-17,24,27H,6,8,10,14H2,2H3/t17?,24-/m1/s1. The highest BCUT2D eigenvalue weighted by atomic mass is 35.5. The second kappa shape index (κ2) is 8.12. The molecule has 0 spiro atoms. The number of aliphatic imine (C=N–C) groups is 1. The van der Waals surface area contributed by atoms with Gasteiger partial charge in [0.2, 0.25) is 0 Å². The van der Waals surface area contributed by atoms with E-state index in [2.05, 4.69) is 70.5 Å². The van der Waals surface area contributed by atoms with Gasteiger partial charge in [-0.1, -0.05) is 47.9 Å². The quantitative estimate of drug-likeness (QED) is 0.695. The normalized spacial score (nSPS) is 20.9. The fraction of sp³-hybridized carbons (Fsp3) is 0.292. The Kier molecular flexibility index (Phi) is 5.41. The number of aryl methyl sites for hydroxylation is 1. The molecule has 1 aliphatic heterocycles. The van der Waals surface area contributed by atoms with Crippen molar-refractivity contribution in [3.05, 3.63) is 70.3 Å². The van der Waals surface area contributed by atoms with Gasteiger partial charge in [0, 0.05) is 17.5 Å². The Labute approximate surface area is 172 Å². The van der Waals surface area contributed by atoms with Crippen molar-refractivity contribution in [2.45, 2.75) is 38.4 Å². The van der Waals surface area contributed by atoms with E-state index in [0.29, 0.717) is 17.6 Å². The van der Waals surface area contributed by atoms with Crippen LogP contribution in [0.5, 0.6) is 0 Å². The van der Waals surface area contributed by atoms with Gasteiger partial charge in [-0.05, 0) is 55.5 Å². The fourth-order valence-corrected chi connectivity index (χ4v) is 4.44. The van der Waals surface area contributed by atoms with Crippen molar-refractivity contribution in [1.29, 1.82) is 0 Å². The van der Waals surface area contributed by atoms with E-state index < -0.39 is 0 Å². The third-order valence-electron chi connectivity index (χ3n) is 5.53. The van der Waals surface area contributed by atoms with E-state index in [-0.39, 0.29) is 6.17 Å². The van der Waals surface area contributed by atoms with Crippen LogP contribution in [0.3, 0.4) is 0 Å². The van der Waals surface area contributed by atoms with Crippen molar-refractivity contribution in [1.82, 2.24) is 4.90 Å². The molecular weight excluding hydrogens is 366 g/mol. The predicted octanol–water partition coefficient (Wildman–Crippen LogP) is 5.54. The summed E-state index contributed by atoms with van der Waals surface area (Å²) in [5.74, 6) is 2.60. The highest BCUT2D eigenvalue weighted by molar-refractivity contribution is 6.33. The number of benzene rings is 2. The fourth-order valence-electron chi connectivity index (χ4n) is 4.25. The molecule has 0 bridgehead atoms. The molecule has 0 fully saturated rings. The molecule has 142 valence electrons. The Morgan fingerprint density at radius 1 is 1.29 bits per heavy atom. The first kappa shape index (κ1) is 18.7. The second-order valence-corrected chi connectivity index (χ2v) is 7.66. The zero-order valence-electron chi connectivity index (χ0n) is 16.0. The molecule has 3 nitrogen and oxygen atoms in total. The number of hydrogen-bond donors (Lipinski definition) is 1. The van der Waals surface area contributed by atoms with E-state index in [1.165, 1.54) is 23.2 Å². The largest absolute Gasteiger partial charge is 0.373 e. The highest BCUT2D eigenvalue weighted by Crippen LogP contribution is 2.41. The Morgan fingerprint density at radius 3 is 3.00 bits per heavy atom. The van der Waals surface area contributed by atoms with Crippen LogP contribution >= 0.6 is 11.6 Å². The zero-order valence-corrected chi connectivity index (χ0v) is 16.8. The number of rotatable bonds is 4. The lowest BCUT2D eigenvalue weighted by molar-refractivity contribution is 0.216. The molecule has 2 aromatic carbocycles. The van der Waals surface area contributed by atoms with E-state index in [1.807, 2.05) is 12.3 Å². The molecule has 0 amide bonds. The molecule has 0 saturated heterocycles. The topological polar surface area (TPSA) is 27.6 Å². The Balaban J connectivity index is 1.74. The lowest BCUT2D eigenvalue weighted by Crippen LogP contribution is -2.37. The van der Waals surface area contributed by atoms with Crippen LogP contribution in [-0.4, -0.2) is 23.8 Å². The van der Waals surface area contributed by atoms with Crippen molar-refractivity contribution < 1.29 is 0 Å². The second-order valence-electron chi connectivity index (χ2n) is 7.25. The van der Waals surface area contributed by atoms with Gasteiger partial charge in [0.05, 0.1) is 23.3 Å². The number of terminal acetylenes is 1. The summed E-state index contributed by atoms with van der Waals surface area (Å²) < 4.78 is 0. The molecule has 0 radical (unpaired) electrons. The summed E-state index contributed by atoms with van der Waals surface area (Å²) in [7, 11) is 0. The molecule has 1 unspecified atom stereocenters. The molecular formula is C24H24ClN3. The zero-order chi connectivity index (χ0) is 19.5. The molecule has 2 aromatic rings. The van der Waals surface area contributed by atoms with Crippen LogP contribution in [-0.2, 0) is 6.42 Å². The smallest absolute Gasteiger partial charge is 0.118 e. The molecule has 4 rings (SSSR count). The summed E-state index contributed by atoms with van der Waals surface area (Å²) >= 11 is 6.36. The summed E-state index contributed by atoms with van der Waals surface area (Å²) in [5.41, 5.74) is 6.02. The number of hydrogen-bond acceptors (Lipinski definition) is 3. The van der Waals surface area contributed by atoms with Crippen LogP contribution in [0.1, 0.15) is 42.5 Å².